The molecule has 0 atom stereocenters. The Morgan fingerprint density at radius 3 is 1.40 bits per heavy atom. The number of carbonyl (C=O) groups excluding carboxylic acids is 2. The molecule has 0 aliphatic carbocycles. The van der Waals surface area contributed by atoms with Crippen LogP contribution in [0.25, 0.3) is 21.8 Å². The molecule has 1 aromatic carbocycles. The van der Waals surface area contributed by atoms with Crippen molar-refractivity contribution < 1.29 is 9.59 Å². The van der Waals surface area contributed by atoms with E-state index in [4.69, 9.17) is 0 Å². The van der Waals surface area contributed by atoms with E-state index in [1.807, 2.05) is 24.3 Å². The highest BCUT2D eigenvalue weighted by Crippen LogP contribution is 2.23. The first kappa shape index (κ1) is 12.4. The molecule has 3 rings (SSSR count). The van der Waals surface area contributed by atoms with Gasteiger partial charge >= 0.3 is 0 Å². The predicted molar refractivity (Wildman–Crippen MR) is 77.1 cm³/mol. The summed E-state index contributed by atoms with van der Waals surface area (Å²) in [5, 5.41) is 1.80. The van der Waals surface area contributed by atoms with Crippen LogP contribution in [0.2, 0.25) is 0 Å². The molecular formula is C16H12N2O2. The van der Waals surface area contributed by atoms with Crippen molar-refractivity contribution in [2.75, 3.05) is 0 Å². The average Bonchev–Trinajstić information content (AvgIpc) is 2.45. The Kier molecular flexibility index (Phi) is 2.79. The zero-order valence-electron chi connectivity index (χ0n) is 11.2. The zero-order chi connectivity index (χ0) is 14.3. The van der Waals surface area contributed by atoms with Gasteiger partial charge in [0.05, 0.1) is 11.0 Å². The molecule has 0 amide bonds. The molecule has 98 valence electrons. The lowest BCUT2D eigenvalue weighted by atomic mass is 10.1. The molecule has 0 fully saturated rings. The normalized spacial score (nSPS) is 10.9. The number of Topliss-reactive ketones (excluding diaryl/α,β-unsaturated/α-hetero) is 2. The van der Waals surface area contributed by atoms with Gasteiger partial charge in [-0.3, -0.25) is 9.59 Å². The van der Waals surface area contributed by atoms with E-state index in [9.17, 15) is 9.59 Å². The van der Waals surface area contributed by atoms with Gasteiger partial charge in [-0.05, 0) is 12.1 Å². The third-order valence-corrected chi connectivity index (χ3v) is 3.24. The minimum absolute atomic E-state index is 0.0911. The predicted octanol–water partition coefficient (Wildman–Crippen LogP) is 3.19. The standard InChI is InChI=1S/C16H12N2O2/c1-9(19)13-7-5-11-3-4-12-6-8-14(10(2)20)18-16(12)15(11)17-13/h3-8H,1-2H3. The number of fused-ring (bicyclic) bond motifs is 3. The second-order valence-corrected chi connectivity index (χ2v) is 4.71. The second-order valence-electron chi connectivity index (χ2n) is 4.71. The fourth-order valence-corrected chi connectivity index (χ4v) is 2.16. The van der Waals surface area contributed by atoms with Gasteiger partial charge in [-0.25, -0.2) is 9.97 Å². The minimum atomic E-state index is -0.0911. The lowest BCUT2D eigenvalue weighted by Crippen LogP contribution is -1.99. The van der Waals surface area contributed by atoms with Gasteiger partial charge in [-0.2, -0.15) is 0 Å². The number of ketones is 2. The van der Waals surface area contributed by atoms with Crippen LogP contribution in [0.5, 0.6) is 0 Å². The third kappa shape index (κ3) is 1.95. The molecule has 0 N–H and O–H groups in total. The molecule has 0 aliphatic heterocycles. The van der Waals surface area contributed by atoms with E-state index in [1.165, 1.54) is 13.8 Å². The van der Waals surface area contributed by atoms with Crippen LogP contribution in [0.15, 0.2) is 36.4 Å². The largest absolute Gasteiger partial charge is 0.293 e. The van der Waals surface area contributed by atoms with Crippen molar-refractivity contribution in [3.63, 3.8) is 0 Å². The van der Waals surface area contributed by atoms with Crippen LogP contribution >= 0.6 is 0 Å². The average molecular weight is 264 g/mol. The SMILES string of the molecule is CC(=O)c1ccc2ccc3ccc(C(C)=O)nc3c2n1. The highest BCUT2D eigenvalue weighted by Gasteiger charge is 2.09. The summed E-state index contributed by atoms with van der Waals surface area (Å²) in [7, 11) is 0. The molecule has 4 heteroatoms. The van der Waals surface area contributed by atoms with Gasteiger partial charge in [0.25, 0.3) is 0 Å². The van der Waals surface area contributed by atoms with E-state index in [-0.39, 0.29) is 11.6 Å². The van der Waals surface area contributed by atoms with Crippen molar-refractivity contribution >= 4 is 33.4 Å². The van der Waals surface area contributed by atoms with Gasteiger partial charge in [-0.15, -0.1) is 0 Å². The van der Waals surface area contributed by atoms with Crippen LogP contribution in [-0.4, -0.2) is 21.5 Å². The molecule has 2 heterocycles. The van der Waals surface area contributed by atoms with Crippen molar-refractivity contribution in [1.29, 1.82) is 0 Å². The van der Waals surface area contributed by atoms with Gasteiger partial charge in [0.1, 0.15) is 11.4 Å². The van der Waals surface area contributed by atoms with Crippen molar-refractivity contribution in [3.05, 3.63) is 47.8 Å². The second kappa shape index (κ2) is 4.49. The summed E-state index contributed by atoms with van der Waals surface area (Å²) in [6.45, 7) is 2.96. The van der Waals surface area contributed by atoms with Crippen molar-refractivity contribution in [1.82, 2.24) is 9.97 Å². The fourth-order valence-electron chi connectivity index (χ4n) is 2.16. The van der Waals surface area contributed by atoms with Gasteiger partial charge in [0.2, 0.25) is 0 Å². The maximum Gasteiger partial charge on any atom is 0.178 e. The Balaban J connectivity index is 2.41. The first-order chi connectivity index (χ1) is 9.56. The van der Waals surface area contributed by atoms with E-state index < -0.39 is 0 Å². The van der Waals surface area contributed by atoms with Gasteiger partial charge in [0, 0.05) is 24.6 Å². The van der Waals surface area contributed by atoms with Gasteiger partial charge < -0.3 is 0 Å². The Labute approximate surface area is 115 Å². The van der Waals surface area contributed by atoms with Crippen molar-refractivity contribution in [3.8, 4) is 0 Å². The Hall–Kier alpha value is -2.62. The van der Waals surface area contributed by atoms with E-state index in [2.05, 4.69) is 9.97 Å². The third-order valence-electron chi connectivity index (χ3n) is 3.24. The lowest BCUT2D eigenvalue weighted by Gasteiger charge is -2.05. The maximum atomic E-state index is 11.5. The summed E-state index contributed by atoms with van der Waals surface area (Å²) in [4.78, 5) is 31.7. The molecule has 3 aromatic rings. The monoisotopic (exact) mass is 264 g/mol. The Morgan fingerprint density at radius 1 is 0.700 bits per heavy atom. The van der Waals surface area contributed by atoms with Crippen LogP contribution in [-0.2, 0) is 0 Å². The van der Waals surface area contributed by atoms with Crippen LogP contribution in [0, 0.1) is 0 Å². The Morgan fingerprint density at radius 2 is 1.05 bits per heavy atom. The lowest BCUT2D eigenvalue weighted by molar-refractivity contribution is 0.100. The van der Waals surface area contributed by atoms with Crippen molar-refractivity contribution in [2.24, 2.45) is 0 Å². The number of nitrogens with zero attached hydrogens (tertiary/aromatic N) is 2. The molecule has 0 aliphatic rings. The maximum absolute atomic E-state index is 11.5. The number of hydrogen-bond donors (Lipinski definition) is 0. The molecule has 0 spiro atoms. The summed E-state index contributed by atoms with van der Waals surface area (Å²) < 4.78 is 0. The quantitative estimate of drug-likeness (QED) is 0.527. The van der Waals surface area contributed by atoms with E-state index in [0.717, 1.165) is 10.8 Å². The summed E-state index contributed by atoms with van der Waals surface area (Å²) in [6, 6.07) is 11.0. The van der Waals surface area contributed by atoms with Crippen LogP contribution in [0.1, 0.15) is 34.8 Å². The summed E-state index contributed by atoms with van der Waals surface area (Å²) in [5.74, 6) is -0.182. The van der Waals surface area contributed by atoms with E-state index in [1.54, 1.807) is 12.1 Å². The van der Waals surface area contributed by atoms with Gasteiger partial charge in [-0.1, -0.05) is 24.3 Å². The molecule has 0 unspecified atom stereocenters. The molecule has 4 nitrogen and oxygen atoms in total. The van der Waals surface area contributed by atoms with E-state index in [0.29, 0.717) is 22.4 Å². The first-order valence-corrected chi connectivity index (χ1v) is 6.28. The summed E-state index contributed by atoms with van der Waals surface area (Å²) in [6.07, 6.45) is 0. The summed E-state index contributed by atoms with van der Waals surface area (Å²) >= 11 is 0. The number of rotatable bonds is 2. The highest BCUT2D eigenvalue weighted by molar-refractivity contribution is 6.06. The number of pyridine rings is 2. The number of carbonyl (C=O) groups is 2. The minimum Gasteiger partial charge on any atom is -0.293 e. The molecule has 0 radical (unpaired) electrons. The molecule has 20 heavy (non-hydrogen) atoms. The molecule has 0 saturated heterocycles. The number of benzene rings is 1. The molecule has 0 saturated carbocycles. The Bertz CT molecular complexity index is 796. The van der Waals surface area contributed by atoms with Gasteiger partial charge in [0.15, 0.2) is 11.6 Å². The van der Waals surface area contributed by atoms with Crippen LogP contribution < -0.4 is 0 Å². The van der Waals surface area contributed by atoms with Crippen molar-refractivity contribution in [2.45, 2.75) is 13.8 Å². The zero-order valence-corrected chi connectivity index (χ0v) is 11.2. The fraction of sp³-hybridized carbons (Fsp3) is 0.125. The number of hydrogen-bond acceptors (Lipinski definition) is 4. The molecular weight excluding hydrogens is 252 g/mol. The van der Waals surface area contributed by atoms with Crippen LogP contribution in [0.3, 0.4) is 0 Å². The smallest absolute Gasteiger partial charge is 0.178 e. The number of aromatic nitrogens is 2. The first-order valence-electron chi connectivity index (χ1n) is 6.28. The van der Waals surface area contributed by atoms with E-state index >= 15 is 0 Å². The topological polar surface area (TPSA) is 59.9 Å². The highest BCUT2D eigenvalue weighted by atomic mass is 16.1. The molecule has 0 bridgehead atoms. The van der Waals surface area contributed by atoms with Crippen LogP contribution in [0.4, 0.5) is 0 Å². The molecule has 2 aromatic heterocycles. The summed E-state index contributed by atoms with van der Waals surface area (Å²) in [5.41, 5.74) is 2.11.